The second-order valence-corrected chi connectivity index (χ2v) is 10.9. The average Bonchev–Trinajstić information content (AvgIpc) is 3.29. The predicted molar refractivity (Wildman–Crippen MR) is 127 cm³/mol. The first-order chi connectivity index (χ1) is 15.9. The smallest absolute Gasteiger partial charge is 0.305 e. The quantitative estimate of drug-likeness (QED) is 0.191. The highest BCUT2D eigenvalue weighted by Gasteiger charge is 2.17. The molecule has 0 atom stereocenters. The molecule has 0 amide bonds. The second-order valence-electron chi connectivity index (χ2n) is 8.73. The lowest BCUT2D eigenvalue weighted by atomic mass is 10.0. The summed E-state index contributed by atoms with van der Waals surface area (Å²) in [5.41, 5.74) is 0. The van der Waals surface area contributed by atoms with Crippen LogP contribution in [0.1, 0.15) is 109 Å². The Kier molecular flexibility index (Phi) is 16.4. The molecule has 0 saturated heterocycles. The number of nitrogens with zero attached hydrogens (tertiary/aromatic N) is 3. The lowest BCUT2D eigenvalue weighted by Gasteiger charge is -2.05. The van der Waals surface area contributed by atoms with Crippen LogP contribution in [0.15, 0.2) is 0 Å². The van der Waals surface area contributed by atoms with Crippen molar-refractivity contribution in [3.63, 3.8) is 0 Å². The summed E-state index contributed by atoms with van der Waals surface area (Å²) < 4.78 is 28.3. The molecule has 1 aromatic heterocycles. The molecule has 0 aliphatic carbocycles. The van der Waals surface area contributed by atoms with E-state index in [0.29, 0.717) is 6.42 Å². The number of nitrogens with one attached hydrogen (secondary N) is 1. The van der Waals surface area contributed by atoms with Crippen molar-refractivity contribution >= 4 is 21.6 Å². The molecule has 9 nitrogen and oxygen atoms in total. The number of ether oxygens (including phenoxy) is 1. The Bertz CT molecular complexity index is 738. The van der Waals surface area contributed by atoms with Gasteiger partial charge in [0.2, 0.25) is 0 Å². The fraction of sp³-hybridized carbons (Fsp3) is 0.870. The molecule has 0 aliphatic heterocycles. The molecule has 33 heavy (non-hydrogen) atoms. The standard InChI is InChI=1S/C23H42N4O5S/c1-32-23(29)18-15-19-33(30,31)20-21(28)16-13-11-9-7-5-3-2-4-6-8-10-12-14-17-22-24-26-27-25-22/h2-20H2,1H3,(H,24,25,26,27). The number of methoxy groups -OCH3 is 1. The number of aryl methyl sites for hydroxylation is 1. The summed E-state index contributed by atoms with van der Waals surface area (Å²) in [6, 6.07) is 0. The maximum absolute atomic E-state index is 11.9. The number of carbonyl (C=O) groups excluding carboxylic acids is 2. The Labute approximate surface area is 198 Å². The predicted octanol–water partition coefficient (Wildman–Crippen LogP) is 4.14. The van der Waals surface area contributed by atoms with E-state index >= 15 is 0 Å². The minimum Gasteiger partial charge on any atom is -0.469 e. The molecule has 0 fully saturated rings. The number of unbranched alkanes of at least 4 members (excludes halogenated alkanes) is 12. The van der Waals surface area contributed by atoms with Crippen LogP contribution in [0.5, 0.6) is 0 Å². The molecule has 0 spiro atoms. The third-order valence-corrected chi connectivity index (χ3v) is 7.36. The molecule has 1 heterocycles. The van der Waals surface area contributed by atoms with Crippen LogP contribution in [0.2, 0.25) is 0 Å². The number of ketones is 1. The Balaban J connectivity index is 1.83. The second kappa shape index (κ2) is 18.6. The lowest BCUT2D eigenvalue weighted by molar-refractivity contribution is -0.140. The summed E-state index contributed by atoms with van der Waals surface area (Å²) in [7, 11) is -2.16. The maximum atomic E-state index is 11.9. The zero-order valence-corrected chi connectivity index (χ0v) is 21.0. The van der Waals surface area contributed by atoms with Crippen LogP contribution in [-0.4, -0.2) is 59.4 Å². The van der Waals surface area contributed by atoms with Crippen LogP contribution >= 0.6 is 0 Å². The van der Waals surface area contributed by atoms with Crippen molar-refractivity contribution in [2.24, 2.45) is 0 Å². The Morgan fingerprint density at radius 1 is 0.788 bits per heavy atom. The van der Waals surface area contributed by atoms with Crippen LogP contribution in [-0.2, 0) is 30.6 Å². The molecule has 0 unspecified atom stereocenters. The number of sulfone groups is 1. The number of rotatable bonds is 22. The highest BCUT2D eigenvalue weighted by atomic mass is 32.2. The van der Waals surface area contributed by atoms with Gasteiger partial charge in [0, 0.05) is 19.3 Å². The molecule has 0 aromatic carbocycles. The van der Waals surface area contributed by atoms with Gasteiger partial charge in [0.15, 0.2) is 15.7 Å². The van der Waals surface area contributed by atoms with Crippen LogP contribution in [0.3, 0.4) is 0 Å². The van der Waals surface area contributed by atoms with E-state index < -0.39 is 21.6 Å². The van der Waals surface area contributed by atoms with Crippen LogP contribution in [0.4, 0.5) is 0 Å². The highest BCUT2D eigenvalue weighted by molar-refractivity contribution is 7.92. The van der Waals surface area contributed by atoms with E-state index in [9.17, 15) is 18.0 Å². The summed E-state index contributed by atoms with van der Waals surface area (Å²) in [6.45, 7) is 0. The van der Waals surface area contributed by atoms with E-state index in [1.165, 1.54) is 64.9 Å². The summed E-state index contributed by atoms with van der Waals surface area (Å²) in [4.78, 5) is 22.9. The summed E-state index contributed by atoms with van der Waals surface area (Å²) in [6.07, 6.45) is 16.8. The van der Waals surface area contributed by atoms with Gasteiger partial charge in [0.25, 0.3) is 0 Å². The van der Waals surface area contributed by atoms with Crippen LogP contribution in [0, 0.1) is 0 Å². The number of esters is 1. The van der Waals surface area contributed by atoms with E-state index in [4.69, 9.17) is 0 Å². The molecule has 0 saturated carbocycles. The fourth-order valence-electron chi connectivity index (χ4n) is 3.77. The van der Waals surface area contributed by atoms with Gasteiger partial charge in [0.05, 0.1) is 12.9 Å². The molecular weight excluding hydrogens is 444 g/mol. The van der Waals surface area contributed by atoms with Crippen molar-refractivity contribution in [1.29, 1.82) is 0 Å². The number of tetrazole rings is 1. The summed E-state index contributed by atoms with van der Waals surface area (Å²) >= 11 is 0. The number of hydrogen-bond acceptors (Lipinski definition) is 8. The van der Waals surface area contributed by atoms with Crippen molar-refractivity contribution in [2.75, 3.05) is 18.6 Å². The third-order valence-electron chi connectivity index (χ3n) is 5.69. The van der Waals surface area contributed by atoms with Crippen molar-refractivity contribution in [2.45, 2.75) is 109 Å². The van der Waals surface area contributed by atoms with Gasteiger partial charge in [-0.05, 0) is 19.3 Å². The summed E-state index contributed by atoms with van der Waals surface area (Å²) in [5, 5.41) is 13.9. The van der Waals surface area contributed by atoms with Crippen molar-refractivity contribution in [3.05, 3.63) is 5.82 Å². The Hall–Kier alpha value is -1.84. The Morgan fingerprint density at radius 2 is 1.33 bits per heavy atom. The molecule has 1 N–H and O–H groups in total. The lowest BCUT2D eigenvalue weighted by Crippen LogP contribution is -2.19. The Morgan fingerprint density at radius 3 is 1.85 bits per heavy atom. The van der Waals surface area contributed by atoms with E-state index in [0.717, 1.165) is 37.9 Å². The highest BCUT2D eigenvalue weighted by Crippen LogP contribution is 2.13. The molecule has 190 valence electrons. The third kappa shape index (κ3) is 17.3. The van der Waals surface area contributed by atoms with E-state index in [1.54, 1.807) is 0 Å². The number of carbonyl (C=O) groups is 2. The van der Waals surface area contributed by atoms with Gasteiger partial charge in [-0.3, -0.25) is 9.59 Å². The van der Waals surface area contributed by atoms with Crippen molar-refractivity contribution < 1.29 is 22.7 Å². The first-order valence-corrected chi connectivity index (χ1v) is 14.3. The van der Waals surface area contributed by atoms with E-state index in [-0.39, 0.29) is 24.4 Å². The van der Waals surface area contributed by atoms with Gasteiger partial charge in [-0.25, -0.2) is 8.42 Å². The van der Waals surface area contributed by atoms with Crippen LogP contribution in [0.25, 0.3) is 0 Å². The number of aromatic amines is 1. The first-order valence-electron chi connectivity index (χ1n) is 12.4. The monoisotopic (exact) mass is 486 g/mol. The van der Waals surface area contributed by atoms with Gasteiger partial charge >= 0.3 is 5.97 Å². The van der Waals surface area contributed by atoms with Gasteiger partial charge in [-0.2, -0.15) is 5.21 Å². The minimum atomic E-state index is -3.43. The van der Waals surface area contributed by atoms with Crippen molar-refractivity contribution in [3.8, 4) is 0 Å². The molecule has 0 aliphatic rings. The summed E-state index contributed by atoms with van der Waals surface area (Å²) in [5.74, 6) is -0.398. The van der Waals surface area contributed by atoms with E-state index in [1.807, 2.05) is 0 Å². The zero-order chi connectivity index (χ0) is 24.2. The number of H-pyrrole nitrogens is 1. The minimum absolute atomic E-state index is 0.0630. The fourth-order valence-corrected chi connectivity index (χ4v) is 5.13. The zero-order valence-electron chi connectivity index (χ0n) is 20.2. The molecule has 0 radical (unpaired) electrons. The topological polar surface area (TPSA) is 132 Å². The van der Waals surface area contributed by atoms with Gasteiger partial charge in [-0.15, -0.1) is 10.2 Å². The average molecular weight is 487 g/mol. The van der Waals surface area contributed by atoms with Gasteiger partial charge in [-0.1, -0.05) is 75.8 Å². The number of Topliss-reactive ketones (excluding diaryl/α,β-unsaturated/α-hetero) is 1. The largest absolute Gasteiger partial charge is 0.469 e. The van der Waals surface area contributed by atoms with Gasteiger partial charge in [0.1, 0.15) is 11.5 Å². The van der Waals surface area contributed by atoms with Crippen molar-refractivity contribution in [1.82, 2.24) is 20.6 Å². The molecule has 1 rings (SSSR count). The van der Waals surface area contributed by atoms with E-state index in [2.05, 4.69) is 25.4 Å². The molecule has 10 heteroatoms. The molecule has 1 aromatic rings. The number of aromatic nitrogens is 4. The molecular formula is C23H42N4O5S. The van der Waals surface area contributed by atoms with Gasteiger partial charge < -0.3 is 4.74 Å². The SMILES string of the molecule is COC(=O)CCCS(=O)(=O)CC(=O)CCCCCCCCCCCCCCCc1nn[nH]n1. The maximum Gasteiger partial charge on any atom is 0.305 e. The number of hydrogen-bond donors (Lipinski definition) is 1. The normalized spacial score (nSPS) is 11.5. The van der Waals surface area contributed by atoms with Crippen LogP contribution < -0.4 is 0 Å². The first kappa shape index (κ1) is 29.2. The molecule has 0 bridgehead atoms.